The molecule has 0 atom stereocenters. The van der Waals surface area contributed by atoms with Crippen LogP contribution in [-0.2, 0) is 6.42 Å². The van der Waals surface area contributed by atoms with Crippen molar-refractivity contribution in [3.8, 4) is 0 Å². The molecule has 88 valence electrons. The van der Waals surface area contributed by atoms with Crippen LogP contribution < -0.4 is 0 Å². The maximum Gasteiger partial charge on any atom is 0.168 e. The first kappa shape index (κ1) is 12.5. The molecule has 0 saturated heterocycles. The number of rotatable bonds is 3. The van der Waals surface area contributed by atoms with Crippen molar-refractivity contribution >= 4 is 33.0 Å². The van der Waals surface area contributed by atoms with Crippen LogP contribution >= 0.6 is 27.3 Å². The van der Waals surface area contributed by atoms with Crippen LogP contribution in [0.3, 0.4) is 0 Å². The fourth-order valence-electron chi connectivity index (χ4n) is 1.74. The molecule has 0 aliphatic carbocycles. The van der Waals surface area contributed by atoms with Crippen LogP contribution in [0.15, 0.2) is 34.1 Å². The van der Waals surface area contributed by atoms with Gasteiger partial charge in [-0.05, 0) is 53.5 Å². The summed E-state index contributed by atoms with van der Waals surface area (Å²) in [4.78, 5) is 13.3. The van der Waals surface area contributed by atoms with Gasteiger partial charge < -0.3 is 0 Å². The zero-order valence-corrected chi connectivity index (χ0v) is 12.2. The molecule has 0 aliphatic heterocycles. The molecule has 2 rings (SSSR count). The van der Waals surface area contributed by atoms with Crippen LogP contribution in [0.5, 0.6) is 0 Å². The number of aryl methyl sites for hydroxylation is 2. The second-order valence-electron chi connectivity index (χ2n) is 4.12. The van der Waals surface area contributed by atoms with E-state index in [0.29, 0.717) is 6.42 Å². The lowest BCUT2D eigenvalue weighted by molar-refractivity contribution is 0.0993. The number of hydrogen-bond acceptors (Lipinski definition) is 2. The van der Waals surface area contributed by atoms with E-state index in [1.54, 1.807) is 11.3 Å². The van der Waals surface area contributed by atoms with E-state index in [0.717, 1.165) is 25.4 Å². The molecule has 1 heterocycles. The van der Waals surface area contributed by atoms with E-state index in [4.69, 9.17) is 0 Å². The molecule has 2 aromatic rings. The van der Waals surface area contributed by atoms with E-state index in [1.165, 1.54) is 0 Å². The Bertz CT molecular complexity index is 557. The highest BCUT2D eigenvalue weighted by Crippen LogP contribution is 2.24. The molecular weight excluding hydrogens is 296 g/mol. The predicted octanol–water partition coefficient (Wildman–Crippen LogP) is 4.55. The SMILES string of the molecule is Cc1ccc(C)c(C(=O)Cc2ccc(Br)s2)c1. The van der Waals surface area contributed by atoms with Gasteiger partial charge in [0.1, 0.15) is 0 Å². The molecule has 0 N–H and O–H groups in total. The summed E-state index contributed by atoms with van der Waals surface area (Å²) in [7, 11) is 0. The van der Waals surface area contributed by atoms with Crippen molar-refractivity contribution in [1.29, 1.82) is 0 Å². The van der Waals surface area contributed by atoms with Crippen molar-refractivity contribution in [1.82, 2.24) is 0 Å². The average molecular weight is 309 g/mol. The topological polar surface area (TPSA) is 17.1 Å². The normalized spacial score (nSPS) is 10.5. The van der Waals surface area contributed by atoms with Crippen LogP contribution in [0, 0.1) is 13.8 Å². The molecule has 0 aliphatic rings. The molecule has 1 nitrogen and oxygen atoms in total. The van der Waals surface area contributed by atoms with Gasteiger partial charge >= 0.3 is 0 Å². The van der Waals surface area contributed by atoms with Crippen LogP contribution in [0.25, 0.3) is 0 Å². The lowest BCUT2D eigenvalue weighted by atomic mass is 10.00. The summed E-state index contributed by atoms with van der Waals surface area (Å²) in [6, 6.07) is 10.00. The summed E-state index contributed by atoms with van der Waals surface area (Å²) in [6.45, 7) is 4.00. The Hall–Kier alpha value is -0.930. The molecule has 17 heavy (non-hydrogen) atoms. The van der Waals surface area contributed by atoms with Gasteiger partial charge in [0, 0.05) is 16.9 Å². The molecule has 0 saturated carbocycles. The van der Waals surface area contributed by atoms with Crippen molar-refractivity contribution in [3.63, 3.8) is 0 Å². The Balaban J connectivity index is 2.22. The quantitative estimate of drug-likeness (QED) is 0.760. The summed E-state index contributed by atoms with van der Waals surface area (Å²) < 4.78 is 1.07. The minimum Gasteiger partial charge on any atom is -0.294 e. The van der Waals surface area contributed by atoms with E-state index < -0.39 is 0 Å². The van der Waals surface area contributed by atoms with Crippen molar-refractivity contribution in [2.24, 2.45) is 0 Å². The van der Waals surface area contributed by atoms with Crippen molar-refractivity contribution in [3.05, 3.63) is 55.7 Å². The zero-order chi connectivity index (χ0) is 12.4. The third kappa shape index (κ3) is 3.05. The van der Waals surface area contributed by atoms with Gasteiger partial charge in [0.05, 0.1) is 3.79 Å². The first-order valence-corrected chi connectivity index (χ1v) is 7.02. The number of thiophene rings is 1. The lowest BCUT2D eigenvalue weighted by Crippen LogP contribution is -2.04. The summed E-state index contributed by atoms with van der Waals surface area (Å²) in [5, 5.41) is 0. The maximum absolute atomic E-state index is 12.2. The molecular formula is C14H13BrOS. The molecule has 3 heteroatoms. The smallest absolute Gasteiger partial charge is 0.168 e. The number of carbonyl (C=O) groups excluding carboxylic acids is 1. The summed E-state index contributed by atoms with van der Waals surface area (Å²) in [6.07, 6.45) is 0.487. The van der Waals surface area contributed by atoms with Crippen LogP contribution in [-0.4, -0.2) is 5.78 Å². The second kappa shape index (κ2) is 5.15. The van der Waals surface area contributed by atoms with Gasteiger partial charge in [0.15, 0.2) is 5.78 Å². The van der Waals surface area contributed by atoms with E-state index in [1.807, 2.05) is 44.2 Å². The Morgan fingerprint density at radius 1 is 1.24 bits per heavy atom. The molecule has 0 fully saturated rings. The van der Waals surface area contributed by atoms with Gasteiger partial charge in [0.25, 0.3) is 0 Å². The highest BCUT2D eigenvalue weighted by Gasteiger charge is 2.11. The fraction of sp³-hybridized carbons (Fsp3) is 0.214. The largest absolute Gasteiger partial charge is 0.294 e. The summed E-state index contributed by atoms with van der Waals surface area (Å²) >= 11 is 5.03. The van der Waals surface area contributed by atoms with Crippen LogP contribution in [0.2, 0.25) is 0 Å². The molecule has 0 spiro atoms. The Labute approximate surface area is 114 Å². The fourth-order valence-corrected chi connectivity index (χ4v) is 3.22. The molecule has 0 unspecified atom stereocenters. The van der Waals surface area contributed by atoms with Gasteiger partial charge in [-0.1, -0.05) is 17.7 Å². The summed E-state index contributed by atoms with van der Waals surface area (Å²) in [5.41, 5.74) is 3.03. The van der Waals surface area contributed by atoms with E-state index in [-0.39, 0.29) is 5.78 Å². The molecule has 1 aromatic heterocycles. The van der Waals surface area contributed by atoms with Crippen LogP contribution in [0.4, 0.5) is 0 Å². The molecule has 0 radical (unpaired) electrons. The Morgan fingerprint density at radius 3 is 2.65 bits per heavy atom. The first-order valence-electron chi connectivity index (χ1n) is 5.41. The van der Waals surface area contributed by atoms with Gasteiger partial charge in [-0.2, -0.15) is 0 Å². The molecule has 0 amide bonds. The van der Waals surface area contributed by atoms with Crippen LogP contribution in [0.1, 0.15) is 26.4 Å². The maximum atomic E-state index is 12.2. The highest BCUT2D eigenvalue weighted by atomic mass is 79.9. The number of halogens is 1. The summed E-state index contributed by atoms with van der Waals surface area (Å²) in [5.74, 6) is 0.195. The monoisotopic (exact) mass is 308 g/mol. The minimum atomic E-state index is 0.195. The second-order valence-corrected chi connectivity index (χ2v) is 6.67. The van der Waals surface area contributed by atoms with E-state index >= 15 is 0 Å². The predicted molar refractivity (Wildman–Crippen MR) is 76.0 cm³/mol. The lowest BCUT2D eigenvalue weighted by Gasteiger charge is -2.05. The first-order chi connectivity index (χ1) is 8.06. The average Bonchev–Trinajstić information content (AvgIpc) is 2.67. The highest BCUT2D eigenvalue weighted by molar-refractivity contribution is 9.11. The molecule has 1 aromatic carbocycles. The Morgan fingerprint density at radius 2 is 2.00 bits per heavy atom. The van der Waals surface area contributed by atoms with Gasteiger partial charge in [0.2, 0.25) is 0 Å². The Kier molecular flexibility index (Phi) is 3.79. The van der Waals surface area contributed by atoms with E-state index in [2.05, 4.69) is 15.9 Å². The van der Waals surface area contributed by atoms with Gasteiger partial charge in [-0.3, -0.25) is 4.79 Å². The standard InChI is InChI=1S/C14H13BrOS/c1-9-3-4-10(2)12(7-9)13(16)8-11-5-6-14(15)17-11/h3-7H,8H2,1-2H3. The van der Waals surface area contributed by atoms with Gasteiger partial charge in [-0.25, -0.2) is 0 Å². The third-order valence-electron chi connectivity index (χ3n) is 2.66. The van der Waals surface area contributed by atoms with Crippen molar-refractivity contribution in [2.75, 3.05) is 0 Å². The zero-order valence-electron chi connectivity index (χ0n) is 9.79. The number of hydrogen-bond donors (Lipinski definition) is 0. The third-order valence-corrected chi connectivity index (χ3v) is 4.28. The minimum absolute atomic E-state index is 0.195. The molecule has 0 bridgehead atoms. The van der Waals surface area contributed by atoms with Crippen molar-refractivity contribution < 1.29 is 4.79 Å². The number of benzene rings is 1. The number of carbonyl (C=O) groups is 1. The van der Waals surface area contributed by atoms with E-state index in [9.17, 15) is 4.79 Å². The number of ketones is 1. The van der Waals surface area contributed by atoms with Crippen molar-refractivity contribution in [2.45, 2.75) is 20.3 Å². The number of Topliss-reactive ketones (excluding diaryl/α,β-unsaturated/α-hetero) is 1. The van der Waals surface area contributed by atoms with Gasteiger partial charge in [-0.15, -0.1) is 11.3 Å².